The van der Waals surface area contributed by atoms with E-state index in [1.807, 2.05) is 12.3 Å². The lowest BCUT2D eigenvalue weighted by atomic mass is 10.1. The van der Waals surface area contributed by atoms with E-state index in [2.05, 4.69) is 57.5 Å². The lowest BCUT2D eigenvalue weighted by molar-refractivity contribution is -0.131. The minimum atomic E-state index is -0.0244. The molecule has 1 amide bonds. The number of thioether (sulfide) groups is 1. The number of hydrogen-bond donors (Lipinski definition) is 1. The fraction of sp³-hybridized carbons (Fsp3) is 0.350. The molecule has 1 aliphatic heterocycles. The maximum atomic E-state index is 13.0. The highest BCUT2D eigenvalue weighted by Crippen LogP contribution is 2.45. The van der Waals surface area contributed by atoms with Gasteiger partial charge in [-0.1, -0.05) is 8.44 Å². The molecule has 1 aliphatic carbocycles. The van der Waals surface area contributed by atoms with Crippen LogP contribution in [-0.4, -0.2) is 56.7 Å². The molecule has 2 fully saturated rings. The summed E-state index contributed by atoms with van der Waals surface area (Å²) in [6.07, 6.45) is 5.66. The Labute approximate surface area is 180 Å². The summed E-state index contributed by atoms with van der Waals surface area (Å²) in [4.78, 5) is 31.8. The number of carbonyl (C=O) groups is 1. The highest BCUT2D eigenvalue weighted by molar-refractivity contribution is 8.43. The molecule has 3 aromatic rings. The number of nitrogens with one attached hydrogen (secondary N) is 1. The second-order valence-electron chi connectivity index (χ2n) is 7.51. The number of carbonyl (C=O) groups excluding carboxylic acids is 1. The normalized spacial score (nSPS) is 17.8. The van der Waals surface area contributed by atoms with E-state index >= 15 is 0 Å². The third-order valence-corrected chi connectivity index (χ3v) is 8.09. The molecule has 1 saturated carbocycles. The fourth-order valence-electron chi connectivity index (χ4n) is 4.07. The number of anilines is 1. The molecule has 0 radical (unpaired) electrons. The molecule has 1 N–H and O–H groups in total. The van der Waals surface area contributed by atoms with Gasteiger partial charge in [0, 0.05) is 35.6 Å². The van der Waals surface area contributed by atoms with Crippen molar-refractivity contribution in [2.24, 2.45) is 0 Å². The summed E-state index contributed by atoms with van der Waals surface area (Å²) in [5.41, 5.74) is 0.837. The highest BCUT2D eigenvalue weighted by Gasteiger charge is 2.53. The Bertz CT molecular complexity index is 1040. The van der Waals surface area contributed by atoms with E-state index in [9.17, 15) is 4.79 Å². The first kappa shape index (κ1) is 19.2. The third-order valence-electron chi connectivity index (χ3n) is 5.73. The number of benzene rings is 1. The van der Waals surface area contributed by atoms with Gasteiger partial charge in [0.05, 0.1) is 16.7 Å². The Morgan fingerprint density at radius 2 is 1.93 bits per heavy atom. The number of rotatable bonds is 5. The monoisotopic (exact) mass is 443 g/mol. The van der Waals surface area contributed by atoms with Gasteiger partial charge in [0.1, 0.15) is 17.8 Å². The van der Waals surface area contributed by atoms with Gasteiger partial charge in [-0.3, -0.25) is 4.79 Å². The zero-order valence-electron chi connectivity index (χ0n) is 15.9. The van der Waals surface area contributed by atoms with E-state index in [1.54, 1.807) is 29.5 Å². The molecule has 1 unspecified atom stereocenters. The van der Waals surface area contributed by atoms with Crippen LogP contribution in [-0.2, 0) is 4.79 Å². The molecule has 9 heteroatoms. The number of hydrogen-bond acceptors (Lipinski definition) is 6. The topological polar surface area (TPSA) is 65.1 Å². The van der Waals surface area contributed by atoms with Crippen LogP contribution in [0.2, 0.25) is 0 Å². The second kappa shape index (κ2) is 7.82. The Kier molecular flexibility index (Phi) is 5.18. The van der Waals surface area contributed by atoms with Gasteiger partial charge in [-0.2, -0.15) is 0 Å². The van der Waals surface area contributed by atoms with E-state index in [0.29, 0.717) is 5.75 Å². The minimum absolute atomic E-state index is 0.0244. The fourth-order valence-corrected chi connectivity index (χ4v) is 5.61. The smallest absolute Gasteiger partial charge is 0.233 e. The highest BCUT2D eigenvalue weighted by atomic mass is 32.7. The minimum Gasteiger partial charge on any atom is -0.352 e. The predicted octanol–water partition coefficient (Wildman–Crippen LogP) is 3.81. The van der Waals surface area contributed by atoms with Gasteiger partial charge in [-0.05, 0) is 43.2 Å². The van der Waals surface area contributed by atoms with Gasteiger partial charge in [0.15, 0.2) is 0 Å². The number of H-pyrrole nitrogens is 1. The molecule has 2 aromatic heterocycles. The van der Waals surface area contributed by atoms with Gasteiger partial charge < -0.3 is 14.8 Å². The first-order chi connectivity index (χ1) is 14.2. The van der Waals surface area contributed by atoms with Crippen molar-refractivity contribution in [2.45, 2.75) is 28.2 Å². The average Bonchev–Trinajstić information content (AvgIpc) is 3.34. The van der Waals surface area contributed by atoms with E-state index in [-0.39, 0.29) is 11.4 Å². The van der Waals surface area contributed by atoms with Crippen molar-refractivity contribution in [2.75, 3.05) is 30.3 Å². The molecule has 1 saturated heterocycles. The Balaban J connectivity index is 1.26. The molecular weight excluding hydrogens is 421 g/mol. The molecule has 0 bridgehead atoms. The number of aromatic amines is 1. The molecule has 2 aliphatic rings. The van der Waals surface area contributed by atoms with Crippen LogP contribution in [0, 0.1) is 0 Å². The van der Waals surface area contributed by atoms with Crippen LogP contribution in [0.1, 0.15) is 12.8 Å². The van der Waals surface area contributed by atoms with E-state index < -0.39 is 0 Å². The molecule has 29 heavy (non-hydrogen) atoms. The van der Waals surface area contributed by atoms with Gasteiger partial charge in [-0.15, -0.1) is 23.1 Å². The summed E-state index contributed by atoms with van der Waals surface area (Å²) in [6.45, 7) is 2.40. The predicted molar refractivity (Wildman–Crippen MR) is 123 cm³/mol. The number of amides is 1. The summed E-state index contributed by atoms with van der Waals surface area (Å²) in [5, 5.41) is 1.05. The first-order valence-electron chi connectivity index (χ1n) is 9.62. The molecule has 1 spiro atoms. The first-order valence-corrected chi connectivity index (χ1v) is 12.9. The molecule has 1 aromatic carbocycles. The molecular formula is C20H22N5OPS2. The van der Waals surface area contributed by atoms with Crippen LogP contribution in [0.5, 0.6) is 0 Å². The van der Waals surface area contributed by atoms with Crippen molar-refractivity contribution < 1.29 is 4.79 Å². The van der Waals surface area contributed by atoms with Crippen LogP contribution < -0.4 is 4.90 Å². The van der Waals surface area contributed by atoms with Crippen molar-refractivity contribution in [3.05, 3.63) is 42.9 Å². The van der Waals surface area contributed by atoms with Crippen molar-refractivity contribution in [3.8, 4) is 0 Å². The molecule has 1 atom stereocenters. The number of nitrogens with zero attached hydrogens (tertiary/aromatic N) is 4. The van der Waals surface area contributed by atoms with Crippen LogP contribution in [0.3, 0.4) is 0 Å². The Morgan fingerprint density at radius 1 is 1.14 bits per heavy atom. The van der Waals surface area contributed by atoms with Gasteiger partial charge >= 0.3 is 0 Å². The summed E-state index contributed by atoms with van der Waals surface area (Å²) in [5.74, 6) is 1.70. The van der Waals surface area contributed by atoms with Crippen molar-refractivity contribution in [3.63, 3.8) is 0 Å². The quantitative estimate of drug-likeness (QED) is 0.478. The number of piperazine rings is 1. The number of aromatic nitrogens is 3. The average molecular weight is 444 g/mol. The zero-order valence-corrected chi connectivity index (χ0v) is 18.7. The summed E-state index contributed by atoms with van der Waals surface area (Å²) < 4.78 is 0. The van der Waals surface area contributed by atoms with E-state index in [4.69, 9.17) is 0 Å². The Hall–Kier alpha value is -1.76. The lowest BCUT2D eigenvalue weighted by Crippen LogP contribution is -2.57. The van der Waals surface area contributed by atoms with Crippen LogP contribution in [0.15, 0.2) is 52.6 Å². The van der Waals surface area contributed by atoms with Crippen LogP contribution in [0.4, 0.5) is 5.82 Å². The Morgan fingerprint density at radius 3 is 2.69 bits per heavy atom. The zero-order chi connectivity index (χ0) is 19.8. The van der Waals surface area contributed by atoms with Crippen LogP contribution >= 0.6 is 31.6 Å². The largest absolute Gasteiger partial charge is 0.352 e. The SMILES string of the molecule is O=C(CSc1ccc(SP)cc1)N1CCN(c2ncnc3[nH]ccc23)CC12CC2. The standard InChI is InChI=1S/C20H22N5OPS2/c26-17(11-28-14-1-3-15(29-27)4-2-14)25-10-9-24(12-20(25)6-7-20)19-16-5-8-21-18(16)22-13-23-19/h1-5,8,13H,6-7,9-12,27H2,(H,21,22,23). The second-order valence-corrected chi connectivity index (χ2v) is 9.97. The summed E-state index contributed by atoms with van der Waals surface area (Å²) in [6, 6.07) is 10.4. The van der Waals surface area contributed by atoms with Crippen LogP contribution in [0.25, 0.3) is 11.0 Å². The third kappa shape index (κ3) is 3.74. The summed E-state index contributed by atoms with van der Waals surface area (Å²) >= 11 is 3.27. The lowest BCUT2D eigenvalue weighted by Gasteiger charge is -2.42. The van der Waals surface area contributed by atoms with Crippen molar-refractivity contribution in [1.82, 2.24) is 19.9 Å². The molecule has 3 heterocycles. The molecule has 150 valence electrons. The molecule has 5 rings (SSSR count). The van der Waals surface area contributed by atoms with Gasteiger partial charge in [0.25, 0.3) is 0 Å². The van der Waals surface area contributed by atoms with Gasteiger partial charge in [0.2, 0.25) is 5.91 Å². The van der Waals surface area contributed by atoms with E-state index in [0.717, 1.165) is 54.2 Å². The maximum absolute atomic E-state index is 13.0. The van der Waals surface area contributed by atoms with Gasteiger partial charge in [-0.25, -0.2) is 9.97 Å². The molecule has 6 nitrogen and oxygen atoms in total. The van der Waals surface area contributed by atoms with Crippen molar-refractivity contribution >= 4 is 54.3 Å². The number of fused-ring (bicyclic) bond motifs is 1. The summed E-state index contributed by atoms with van der Waals surface area (Å²) in [7, 11) is 2.66. The maximum Gasteiger partial charge on any atom is 0.233 e. The van der Waals surface area contributed by atoms with E-state index in [1.165, 1.54) is 4.90 Å². The van der Waals surface area contributed by atoms with Crippen molar-refractivity contribution in [1.29, 1.82) is 0 Å².